The predicted octanol–water partition coefficient (Wildman–Crippen LogP) is 7.28. The highest BCUT2D eigenvalue weighted by atomic mass is 32.2. The van der Waals surface area contributed by atoms with Crippen molar-refractivity contribution in [2.75, 3.05) is 6.61 Å². The lowest BCUT2D eigenvalue weighted by atomic mass is 9.83. The van der Waals surface area contributed by atoms with Crippen LogP contribution in [-0.2, 0) is 19.9 Å². The van der Waals surface area contributed by atoms with Crippen molar-refractivity contribution < 1.29 is 19.4 Å². The van der Waals surface area contributed by atoms with E-state index in [1.165, 1.54) is 11.8 Å². The second-order valence-corrected chi connectivity index (χ2v) is 11.4. The Bertz CT molecular complexity index is 1120. The number of esters is 1. The molecule has 0 aliphatic carbocycles. The number of thioether (sulfide) groups is 1. The van der Waals surface area contributed by atoms with Crippen LogP contribution in [0.15, 0.2) is 75.1 Å². The summed E-state index contributed by atoms with van der Waals surface area (Å²) in [4.78, 5) is 19.2. The highest BCUT2D eigenvalue weighted by Crippen LogP contribution is 2.46. The molecule has 0 aromatic heterocycles. The van der Waals surface area contributed by atoms with Crippen molar-refractivity contribution in [2.45, 2.75) is 81.8 Å². The lowest BCUT2D eigenvalue weighted by Crippen LogP contribution is -2.37. The summed E-state index contributed by atoms with van der Waals surface area (Å²) in [5, 5.41) is 11.1. The van der Waals surface area contributed by atoms with E-state index in [0.717, 1.165) is 41.2 Å². The van der Waals surface area contributed by atoms with E-state index >= 15 is 0 Å². The van der Waals surface area contributed by atoms with Gasteiger partial charge >= 0.3 is 5.97 Å². The molecule has 2 aliphatic heterocycles. The number of aliphatic imine (C=N–C) groups is 1. The highest BCUT2D eigenvalue weighted by Gasteiger charge is 2.43. The molecule has 2 aromatic carbocycles. The van der Waals surface area contributed by atoms with Gasteiger partial charge in [-0.3, -0.25) is 0 Å². The van der Waals surface area contributed by atoms with Crippen LogP contribution in [0.2, 0.25) is 0 Å². The van der Waals surface area contributed by atoms with E-state index in [4.69, 9.17) is 9.47 Å². The first kappa shape index (κ1) is 25.4. The van der Waals surface area contributed by atoms with Gasteiger partial charge in [0.25, 0.3) is 0 Å². The van der Waals surface area contributed by atoms with E-state index in [0.29, 0.717) is 18.9 Å². The summed E-state index contributed by atoms with van der Waals surface area (Å²) < 4.78 is 11.9. The summed E-state index contributed by atoms with van der Waals surface area (Å²) in [5.74, 6) is 0.739. The van der Waals surface area contributed by atoms with Crippen LogP contribution >= 0.6 is 11.8 Å². The highest BCUT2D eigenvalue weighted by molar-refractivity contribution is 8.04. The Labute approximate surface area is 212 Å². The normalized spacial score (nSPS) is 21.6. The molecule has 5 nitrogen and oxygen atoms in total. The molecular weight excluding hydrogens is 458 g/mol. The molecule has 0 amide bonds. The largest absolute Gasteiger partial charge is 0.511 e. The third-order valence-electron chi connectivity index (χ3n) is 6.48. The molecule has 6 heteroatoms. The molecule has 0 radical (unpaired) electrons. The number of rotatable bonds is 9. The first-order chi connectivity index (χ1) is 16.7. The van der Waals surface area contributed by atoms with E-state index in [9.17, 15) is 9.90 Å². The van der Waals surface area contributed by atoms with Crippen molar-refractivity contribution in [1.82, 2.24) is 0 Å². The third-order valence-corrected chi connectivity index (χ3v) is 7.68. The molecule has 186 valence electrons. The Hall–Kier alpha value is -2.73. The van der Waals surface area contributed by atoms with Crippen molar-refractivity contribution in [3.63, 3.8) is 0 Å². The number of carbonyl (C=O) groups excluding carboxylic acids is 1. The van der Waals surface area contributed by atoms with Gasteiger partial charge in [0.15, 0.2) is 5.90 Å². The minimum atomic E-state index is -0.887. The molecule has 1 atom stereocenters. The van der Waals surface area contributed by atoms with E-state index < -0.39 is 11.6 Å². The zero-order chi connectivity index (χ0) is 25.1. The van der Waals surface area contributed by atoms with Gasteiger partial charge in [-0.1, -0.05) is 74.1 Å². The van der Waals surface area contributed by atoms with Crippen molar-refractivity contribution in [1.29, 1.82) is 0 Å². The summed E-state index contributed by atoms with van der Waals surface area (Å²) in [6, 6.07) is 17.8. The van der Waals surface area contributed by atoms with Crippen LogP contribution in [0.3, 0.4) is 0 Å². The van der Waals surface area contributed by atoms with Gasteiger partial charge in [-0.05, 0) is 56.2 Å². The zero-order valence-corrected chi connectivity index (χ0v) is 21.9. The molecule has 4 rings (SSSR count). The standard InChI is InChI=1S/C29H35NO4S/c1-20(2)22-14-8-9-15-24(22)35-26-23(31)18-29(34-27(26)32,21-12-6-5-7-13-21)17-11-10-16-25-30-28(3,4)19-33-25/h5-9,12-15,20,31H,10-11,16-19H2,1-4H3. The van der Waals surface area contributed by atoms with Crippen molar-refractivity contribution in [2.24, 2.45) is 4.99 Å². The van der Waals surface area contributed by atoms with Crippen LogP contribution in [0, 0.1) is 0 Å². The number of aliphatic hydroxyl groups excluding tert-OH is 1. The molecule has 0 spiro atoms. The minimum Gasteiger partial charge on any atom is -0.511 e. The number of cyclic esters (lactones) is 1. The van der Waals surface area contributed by atoms with E-state index in [1.54, 1.807) is 0 Å². The summed E-state index contributed by atoms with van der Waals surface area (Å²) in [6.45, 7) is 8.99. The average molecular weight is 494 g/mol. The molecule has 1 unspecified atom stereocenters. The number of ether oxygens (including phenoxy) is 2. The van der Waals surface area contributed by atoms with Crippen LogP contribution in [0.5, 0.6) is 0 Å². The van der Waals surface area contributed by atoms with E-state index in [-0.39, 0.29) is 22.6 Å². The first-order valence-corrected chi connectivity index (χ1v) is 13.2. The molecule has 35 heavy (non-hydrogen) atoms. The van der Waals surface area contributed by atoms with Gasteiger partial charge in [0.2, 0.25) is 0 Å². The molecule has 2 aliphatic rings. The van der Waals surface area contributed by atoms with Crippen molar-refractivity contribution in [3.8, 4) is 0 Å². The van der Waals surface area contributed by atoms with Crippen molar-refractivity contribution >= 4 is 23.6 Å². The van der Waals surface area contributed by atoms with Crippen molar-refractivity contribution in [3.05, 3.63) is 76.4 Å². The topological polar surface area (TPSA) is 68.1 Å². The Kier molecular flexibility index (Phi) is 7.60. The lowest BCUT2D eigenvalue weighted by molar-refractivity contribution is -0.160. The van der Waals surface area contributed by atoms with Crippen LogP contribution in [0.4, 0.5) is 0 Å². The fourth-order valence-corrected chi connectivity index (χ4v) is 5.76. The molecule has 1 N–H and O–H groups in total. The van der Waals surface area contributed by atoms with Crippen LogP contribution in [0.1, 0.15) is 76.8 Å². The molecule has 2 heterocycles. The monoisotopic (exact) mass is 493 g/mol. The third kappa shape index (κ3) is 5.92. The molecular formula is C29H35NO4S. The summed E-state index contributed by atoms with van der Waals surface area (Å²) >= 11 is 1.30. The maximum atomic E-state index is 13.3. The Morgan fingerprint density at radius 3 is 2.43 bits per heavy atom. The van der Waals surface area contributed by atoms with Crippen LogP contribution in [-0.4, -0.2) is 29.1 Å². The van der Waals surface area contributed by atoms with E-state index in [2.05, 4.69) is 38.8 Å². The number of nitrogens with zero attached hydrogens (tertiary/aromatic N) is 1. The van der Waals surface area contributed by atoms with Crippen LogP contribution in [0.25, 0.3) is 0 Å². The minimum absolute atomic E-state index is 0.0962. The first-order valence-electron chi connectivity index (χ1n) is 12.4. The quantitative estimate of drug-likeness (QED) is 0.294. The van der Waals surface area contributed by atoms with E-state index in [1.807, 2.05) is 48.5 Å². The number of benzene rings is 2. The van der Waals surface area contributed by atoms with Gasteiger partial charge in [-0.25, -0.2) is 9.79 Å². The second-order valence-electron chi connectivity index (χ2n) is 10.3. The lowest BCUT2D eigenvalue weighted by Gasteiger charge is -2.37. The van der Waals surface area contributed by atoms with Gasteiger partial charge in [-0.15, -0.1) is 0 Å². The second kappa shape index (κ2) is 10.5. The predicted molar refractivity (Wildman–Crippen MR) is 141 cm³/mol. The summed E-state index contributed by atoms with van der Waals surface area (Å²) in [5.41, 5.74) is 1.01. The zero-order valence-electron chi connectivity index (χ0n) is 21.0. The Morgan fingerprint density at radius 1 is 1.06 bits per heavy atom. The maximum Gasteiger partial charge on any atom is 0.349 e. The Morgan fingerprint density at radius 2 is 1.77 bits per heavy atom. The Balaban J connectivity index is 1.53. The smallest absolute Gasteiger partial charge is 0.349 e. The fourth-order valence-electron chi connectivity index (χ4n) is 4.65. The molecule has 0 saturated heterocycles. The number of unbranched alkanes of at least 4 members (excludes halogenated alkanes) is 1. The number of hydrogen-bond donors (Lipinski definition) is 1. The maximum absolute atomic E-state index is 13.3. The number of hydrogen-bond acceptors (Lipinski definition) is 6. The number of aliphatic hydroxyl groups is 1. The van der Waals surface area contributed by atoms with Gasteiger partial charge in [0.1, 0.15) is 22.9 Å². The average Bonchev–Trinajstić information content (AvgIpc) is 3.18. The SMILES string of the molecule is CC(C)c1ccccc1SC1=C(O)CC(CCCCC2=NC(C)(C)CO2)(c2ccccc2)OC1=O. The van der Waals surface area contributed by atoms with Gasteiger partial charge in [0.05, 0.1) is 12.0 Å². The molecule has 0 saturated carbocycles. The summed E-state index contributed by atoms with van der Waals surface area (Å²) in [7, 11) is 0. The summed E-state index contributed by atoms with van der Waals surface area (Å²) in [6.07, 6.45) is 3.33. The molecule has 2 aromatic rings. The number of carbonyl (C=O) groups is 1. The van der Waals surface area contributed by atoms with Crippen LogP contribution < -0.4 is 0 Å². The molecule has 0 fully saturated rings. The molecule has 0 bridgehead atoms. The van der Waals surface area contributed by atoms with Gasteiger partial charge in [0, 0.05) is 11.3 Å². The van der Waals surface area contributed by atoms with Gasteiger partial charge < -0.3 is 14.6 Å². The fraction of sp³-hybridized carbons (Fsp3) is 0.448. The van der Waals surface area contributed by atoms with Gasteiger partial charge in [-0.2, -0.15) is 0 Å².